The van der Waals surface area contributed by atoms with Crippen molar-refractivity contribution in [3.05, 3.63) is 76.5 Å². The van der Waals surface area contributed by atoms with E-state index in [9.17, 15) is 4.79 Å². The van der Waals surface area contributed by atoms with E-state index in [0.717, 1.165) is 40.2 Å². The molecule has 0 aliphatic carbocycles. The number of halogens is 1. The Balaban J connectivity index is 1.53. The van der Waals surface area contributed by atoms with Crippen LogP contribution in [0.15, 0.2) is 65.4 Å². The van der Waals surface area contributed by atoms with Crippen molar-refractivity contribution in [3.63, 3.8) is 0 Å². The van der Waals surface area contributed by atoms with E-state index < -0.39 is 6.04 Å². The van der Waals surface area contributed by atoms with Gasteiger partial charge in [0.25, 0.3) is 0 Å². The van der Waals surface area contributed by atoms with Gasteiger partial charge in [-0.3, -0.25) is 9.69 Å². The van der Waals surface area contributed by atoms with Gasteiger partial charge in [0.2, 0.25) is 5.91 Å². The van der Waals surface area contributed by atoms with Gasteiger partial charge < -0.3 is 15.0 Å². The third-order valence-electron chi connectivity index (χ3n) is 5.80. The van der Waals surface area contributed by atoms with Crippen LogP contribution in [0.25, 0.3) is 0 Å². The smallest absolute Gasteiger partial charge is 0.250 e. The number of nitrogens with zero attached hydrogens (tertiary/aromatic N) is 4. The largest absolute Gasteiger partial charge is 0.378 e. The standard InChI is InChI=1S/C24H24BrN5O2/c25-19-8-6-18(7-9-19)15-30-21-22(26-16-27-23(21)29-10-12-32-13-11-29)28-20(24(30)31)14-17-4-2-1-3-5-17/h1-9,16,20H,10-15H2,(H,26,27,28). The molecule has 2 aliphatic rings. The molecule has 1 N–H and O–H groups in total. The molecule has 1 atom stereocenters. The Morgan fingerprint density at radius 1 is 1.00 bits per heavy atom. The van der Waals surface area contributed by atoms with Crippen molar-refractivity contribution in [2.45, 2.75) is 19.0 Å². The molecule has 0 bridgehead atoms. The van der Waals surface area contributed by atoms with E-state index in [-0.39, 0.29) is 5.91 Å². The molecule has 1 fully saturated rings. The maximum Gasteiger partial charge on any atom is 0.250 e. The van der Waals surface area contributed by atoms with Crippen LogP contribution >= 0.6 is 15.9 Å². The van der Waals surface area contributed by atoms with Gasteiger partial charge in [0.1, 0.15) is 18.1 Å². The van der Waals surface area contributed by atoms with E-state index in [4.69, 9.17) is 4.74 Å². The monoisotopic (exact) mass is 493 g/mol. The summed E-state index contributed by atoms with van der Waals surface area (Å²) in [6.45, 7) is 3.21. The van der Waals surface area contributed by atoms with Crippen LogP contribution in [0.3, 0.4) is 0 Å². The summed E-state index contributed by atoms with van der Waals surface area (Å²) in [4.78, 5) is 26.9. The lowest BCUT2D eigenvalue weighted by Crippen LogP contribution is -2.49. The van der Waals surface area contributed by atoms with Crippen LogP contribution in [-0.2, 0) is 22.5 Å². The lowest BCUT2D eigenvalue weighted by Gasteiger charge is -2.38. The average molecular weight is 494 g/mol. The lowest BCUT2D eigenvalue weighted by molar-refractivity contribution is -0.119. The summed E-state index contributed by atoms with van der Waals surface area (Å²) in [5.41, 5.74) is 2.89. The Kier molecular flexibility index (Phi) is 6.05. The molecule has 8 heteroatoms. The average Bonchev–Trinajstić information content (AvgIpc) is 2.84. The van der Waals surface area contributed by atoms with E-state index >= 15 is 0 Å². The fourth-order valence-electron chi connectivity index (χ4n) is 4.17. The summed E-state index contributed by atoms with van der Waals surface area (Å²) in [6.07, 6.45) is 2.16. The SMILES string of the molecule is O=C1C(Cc2ccccc2)Nc2ncnc(N3CCOCC3)c2N1Cc1ccc(Br)cc1. The fraction of sp³-hybridized carbons (Fsp3) is 0.292. The Hall–Kier alpha value is -2.97. The molecule has 2 aromatic carbocycles. The number of anilines is 3. The third-order valence-corrected chi connectivity index (χ3v) is 6.32. The first-order chi connectivity index (χ1) is 15.7. The topological polar surface area (TPSA) is 70.6 Å². The summed E-state index contributed by atoms with van der Waals surface area (Å²) in [5.74, 6) is 1.49. The number of aromatic nitrogens is 2. The molecule has 0 radical (unpaired) electrons. The van der Waals surface area contributed by atoms with Crippen molar-refractivity contribution >= 4 is 39.2 Å². The molecule has 5 rings (SSSR count). The second kappa shape index (κ2) is 9.26. The van der Waals surface area contributed by atoms with E-state index in [1.165, 1.54) is 0 Å². The molecule has 3 heterocycles. The second-order valence-electron chi connectivity index (χ2n) is 7.93. The van der Waals surface area contributed by atoms with Gasteiger partial charge >= 0.3 is 0 Å². The summed E-state index contributed by atoms with van der Waals surface area (Å²) in [7, 11) is 0. The first-order valence-electron chi connectivity index (χ1n) is 10.7. The zero-order valence-corrected chi connectivity index (χ0v) is 19.2. The summed E-state index contributed by atoms with van der Waals surface area (Å²) < 4.78 is 6.52. The van der Waals surface area contributed by atoms with E-state index in [1.54, 1.807) is 6.33 Å². The fourth-order valence-corrected chi connectivity index (χ4v) is 4.44. The van der Waals surface area contributed by atoms with Crippen LogP contribution in [0, 0.1) is 0 Å². The van der Waals surface area contributed by atoms with Crippen LogP contribution in [0.2, 0.25) is 0 Å². The van der Waals surface area contributed by atoms with Crippen molar-refractivity contribution in [1.82, 2.24) is 9.97 Å². The Bertz CT molecular complexity index is 1090. The van der Waals surface area contributed by atoms with Gasteiger partial charge in [-0.1, -0.05) is 58.4 Å². The second-order valence-corrected chi connectivity index (χ2v) is 8.85. The van der Waals surface area contributed by atoms with Crippen LogP contribution in [0.1, 0.15) is 11.1 Å². The number of amides is 1. The van der Waals surface area contributed by atoms with Crippen LogP contribution in [0.5, 0.6) is 0 Å². The highest BCUT2D eigenvalue weighted by Crippen LogP contribution is 2.39. The van der Waals surface area contributed by atoms with Crippen molar-refractivity contribution in [3.8, 4) is 0 Å². The number of rotatable bonds is 5. The molecule has 3 aromatic rings. The highest BCUT2D eigenvalue weighted by Gasteiger charge is 2.37. The van der Waals surface area contributed by atoms with E-state index in [1.807, 2.05) is 59.5 Å². The molecule has 0 saturated carbocycles. The number of carbonyl (C=O) groups is 1. The van der Waals surface area contributed by atoms with Gasteiger partial charge in [-0.2, -0.15) is 0 Å². The number of ether oxygens (including phenoxy) is 1. The van der Waals surface area contributed by atoms with Gasteiger partial charge in [-0.15, -0.1) is 0 Å². The zero-order chi connectivity index (χ0) is 21.9. The molecule has 1 unspecified atom stereocenters. The van der Waals surface area contributed by atoms with Crippen molar-refractivity contribution in [2.75, 3.05) is 41.4 Å². The molecule has 0 spiro atoms. The van der Waals surface area contributed by atoms with Crippen LogP contribution < -0.4 is 15.1 Å². The van der Waals surface area contributed by atoms with Gasteiger partial charge in [0.15, 0.2) is 11.6 Å². The number of morpholine rings is 1. The minimum absolute atomic E-state index is 0.0218. The quantitative estimate of drug-likeness (QED) is 0.584. The first-order valence-corrected chi connectivity index (χ1v) is 11.5. The Morgan fingerprint density at radius 3 is 2.50 bits per heavy atom. The molecule has 7 nitrogen and oxygen atoms in total. The van der Waals surface area contributed by atoms with Gasteiger partial charge in [-0.05, 0) is 23.3 Å². The van der Waals surface area contributed by atoms with Gasteiger partial charge in [0.05, 0.1) is 19.8 Å². The molecule has 1 saturated heterocycles. The Morgan fingerprint density at radius 2 is 1.75 bits per heavy atom. The number of hydrogen-bond donors (Lipinski definition) is 1. The number of nitrogens with one attached hydrogen (secondary N) is 1. The minimum atomic E-state index is -0.396. The van der Waals surface area contributed by atoms with Gasteiger partial charge in [-0.25, -0.2) is 9.97 Å². The number of hydrogen-bond acceptors (Lipinski definition) is 6. The molecular formula is C24H24BrN5O2. The normalized spacial score (nSPS) is 18.3. The highest BCUT2D eigenvalue weighted by atomic mass is 79.9. The molecule has 164 valence electrons. The number of benzene rings is 2. The maximum atomic E-state index is 13.8. The summed E-state index contributed by atoms with van der Waals surface area (Å²) in [5, 5.41) is 3.39. The molecule has 1 amide bonds. The van der Waals surface area contributed by atoms with E-state index in [0.29, 0.717) is 32.0 Å². The predicted molar refractivity (Wildman–Crippen MR) is 128 cm³/mol. The van der Waals surface area contributed by atoms with Crippen molar-refractivity contribution < 1.29 is 9.53 Å². The molecule has 2 aliphatic heterocycles. The maximum absolute atomic E-state index is 13.8. The molecule has 1 aromatic heterocycles. The van der Waals surface area contributed by atoms with Gasteiger partial charge in [0, 0.05) is 24.0 Å². The summed E-state index contributed by atoms with van der Waals surface area (Å²) >= 11 is 3.49. The highest BCUT2D eigenvalue weighted by molar-refractivity contribution is 9.10. The number of fused-ring (bicyclic) bond motifs is 1. The van der Waals surface area contributed by atoms with Crippen molar-refractivity contribution in [2.24, 2.45) is 0 Å². The van der Waals surface area contributed by atoms with Crippen LogP contribution in [0.4, 0.5) is 17.3 Å². The van der Waals surface area contributed by atoms with Crippen molar-refractivity contribution in [1.29, 1.82) is 0 Å². The lowest BCUT2D eigenvalue weighted by atomic mass is 10.0. The van der Waals surface area contributed by atoms with E-state index in [2.05, 4.69) is 36.1 Å². The third kappa shape index (κ3) is 4.33. The first kappa shape index (κ1) is 20.9. The Labute approximate surface area is 195 Å². The predicted octanol–water partition coefficient (Wildman–Crippen LogP) is 3.65. The summed E-state index contributed by atoms with van der Waals surface area (Å²) in [6, 6.07) is 17.7. The molecular weight excluding hydrogens is 470 g/mol. The minimum Gasteiger partial charge on any atom is -0.378 e. The number of carbonyl (C=O) groups excluding carboxylic acids is 1. The molecule has 32 heavy (non-hydrogen) atoms. The van der Waals surface area contributed by atoms with Crippen LogP contribution in [-0.4, -0.2) is 48.2 Å². The zero-order valence-electron chi connectivity index (χ0n) is 17.6.